The standard InChI is InChI=1S/C19H29N3O2.2ClH/c1-14-3-4-16(18(11-14)24-2)13-21-9-7-17-15(12-21)5-6-19(23)22(17)10-8-20;;/h3-4,11,15,17H,5-10,12-13,20H2,1-2H3;2*1H/t15-,17+;;/m0../s1. The van der Waals surface area contributed by atoms with Gasteiger partial charge in [-0.1, -0.05) is 12.1 Å². The first-order valence-corrected chi connectivity index (χ1v) is 8.97. The van der Waals surface area contributed by atoms with E-state index in [9.17, 15) is 4.79 Å². The summed E-state index contributed by atoms with van der Waals surface area (Å²) in [4.78, 5) is 16.7. The number of methoxy groups -OCH3 is 1. The molecule has 2 aliphatic heterocycles. The maximum Gasteiger partial charge on any atom is 0.222 e. The van der Waals surface area contributed by atoms with Crippen LogP contribution in [0.4, 0.5) is 0 Å². The lowest BCUT2D eigenvalue weighted by Crippen LogP contribution is -2.56. The van der Waals surface area contributed by atoms with E-state index < -0.39 is 0 Å². The first-order chi connectivity index (χ1) is 11.6. The van der Waals surface area contributed by atoms with Gasteiger partial charge in [-0.05, 0) is 37.3 Å². The van der Waals surface area contributed by atoms with Crippen LogP contribution in [-0.4, -0.2) is 55.0 Å². The molecule has 0 aliphatic carbocycles. The maximum absolute atomic E-state index is 12.2. The van der Waals surface area contributed by atoms with Gasteiger partial charge in [0.25, 0.3) is 0 Å². The SMILES string of the molecule is COc1cc(C)ccc1CN1CC[C@@H]2[C@@H](CCC(=O)N2CCN)C1.Cl.Cl. The smallest absolute Gasteiger partial charge is 0.222 e. The molecule has 0 unspecified atom stereocenters. The van der Waals surface area contributed by atoms with Crippen molar-refractivity contribution in [2.45, 2.75) is 38.8 Å². The second-order valence-electron chi connectivity index (χ2n) is 7.08. The minimum absolute atomic E-state index is 0. The lowest BCUT2D eigenvalue weighted by molar-refractivity contribution is -0.141. The molecule has 2 N–H and O–H groups in total. The molecule has 2 fully saturated rings. The average Bonchev–Trinajstić information content (AvgIpc) is 2.59. The molecule has 3 rings (SSSR count). The first kappa shape index (κ1) is 23.0. The molecular weight excluding hydrogens is 373 g/mol. The number of aryl methyl sites for hydroxylation is 1. The monoisotopic (exact) mass is 403 g/mol. The van der Waals surface area contributed by atoms with Crippen molar-refractivity contribution < 1.29 is 9.53 Å². The molecule has 148 valence electrons. The summed E-state index contributed by atoms with van der Waals surface area (Å²) in [7, 11) is 1.74. The third-order valence-corrected chi connectivity index (χ3v) is 5.43. The Kier molecular flexibility index (Phi) is 9.17. The molecule has 2 heterocycles. The number of rotatable bonds is 5. The van der Waals surface area contributed by atoms with Crippen LogP contribution in [-0.2, 0) is 11.3 Å². The number of likely N-dealkylation sites (tertiary alicyclic amines) is 2. The van der Waals surface area contributed by atoms with Crippen molar-refractivity contribution in [3.8, 4) is 5.75 Å². The summed E-state index contributed by atoms with van der Waals surface area (Å²) in [6, 6.07) is 6.80. The predicted molar refractivity (Wildman–Crippen MR) is 109 cm³/mol. The number of halogens is 2. The number of carbonyl (C=O) groups is 1. The minimum atomic E-state index is 0. The highest BCUT2D eigenvalue weighted by Gasteiger charge is 2.38. The van der Waals surface area contributed by atoms with Crippen molar-refractivity contribution in [1.29, 1.82) is 0 Å². The van der Waals surface area contributed by atoms with Crippen molar-refractivity contribution in [3.63, 3.8) is 0 Å². The van der Waals surface area contributed by atoms with Gasteiger partial charge in [-0.2, -0.15) is 0 Å². The van der Waals surface area contributed by atoms with Gasteiger partial charge in [-0.3, -0.25) is 9.69 Å². The minimum Gasteiger partial charge on any atom is -0.496 e. The topological polar surface area (TPSA) is 58.8 Å². The zero-order valence-electron chi connectivity index (χ0n) is 15.6. The molecule has 1 aromatic rings. The zero-order chi connectivity index (χ0) is 17.1. The van der Waals surface area contributed by atoms with Crippen molar-refractivity contribution in [2.75, 3.05) is 33.3 Å². The third kappa shape index (κ3) is 5.03. The van der Waals surface area contributed by atoms with Crippen LogP contribution in [0.3, 0.4) is 0 Å². The molecule has 1 aromatic carbocycles. The van der Waals surface area contributed by atoms with Crippen LogP contribution in [0.1, 0.15) is 30.4 Å². The maximum atomic E-state index is 12.2. The van der Waals surface area contributed by atoms with Crippen molar-refractivity contribution in [3.05, 3.63) is 29.3 Å². The number of nitrogens with zero attached hydrogens (tertiary/aromatic N) is 2. The van der Waals surface area contributed by atoms with Crippen LogP contribution in [0.25, 0.3) is 0 Å². The second kappa shape index (κ2) is 10.4. The van der Waals surface area contributed by atoms with Gasteiger partial charge < -0.3 is 15.4 Å². The van der Waals surface area contributed by atoms with E-state index in [0.717, 1.165) is 38.2 Å². The molecule has 2 saturated heterocycles. The van der Waals surface area contributed by atoms with Crippen molar-refractivity contribution >= 4 is 30.7 Å². The molecule has 0 saturated carbocycles. The zero-order valence-corrected chi connectivity index (χ0v) is 17.3. The van der Waals surface area contributed by atoms with Gasteiger partial charge in [0.15, 0.2) is 0 Å². The van der Waals surface area contributed by atoms with Crippen LogP contribution < -0.4 is 10.5 Å². The number of carbonyl (C=O) groups excluding carboxylic acids is 1. The Balaban J connectivity index is 0.00000169. The second-order valence-corrected chi connectivity index (χ2v) is 7.08. The van der Waals surface area contributed by atoms with E-state index in [4.69, 9.17) is 10.5 Å². The molecular formula is C19H31Cl2N3O2. The van der Waals surface area contributed by atoms with Crippen molar-refractivity contribution in [2.24, 2.45) is 11.7 Å². The van der Waals surface area contributed by atoms with E-state index in [1.807, 2.05) is 4.90 Å². The number of piperidine rings is 2. The molecule has 26 heavy (non-hydrogen) atoms. The Morgan fingerprint density at radius 3 is 2.73 bits per heavy atom. The Hall–Kier alpha value is -1.01. The van der Waals surface area contributed by atoms with Gasteiger partial charge in [-0.25, -0.2) is 0 Å². The fourth-order valence-electron chi connectivity index (χ4n) is 4.22. The van der Waals surface area contributed by atoms with Gasteiger partial charge in [0.2, 0.25) is 5.91 Å². The summed E-state index contributed by atoms with van der Waals surface area (Å²) in [5, 5.41) is 0. The van der Waals surface area contributed by atoms with Crippen LogP contribution in [0.2, 0.25) is 0 Å². The Bertz CT molecular complexity index is 600. The Morgan fingerprint density at radius 2 is 2.04 bits per heavy atom. The van der Waals surface area contributed by atoms with Gasteiger partial charge in [0.05, 0.1) is 7.11 Å². The van der Waals surface area contributed by atoms with Crippen LogP contribution in [0, 0.1) is 12.8 Å². The molecule has 2 aliphatic rings. The summed E-state index contributed by atoms with van der Waals surface area (Å²) < 4.78 is 5.54. The highest BCUT2D eigenvalue weighted by molar-refractivity contribution is 5.85. The van der Waals surface area contributed by atoms with E-state index >= 15 is 0 Å². The average molecular weight is 404 g/mol. The van der Waals surface area contributed by atoms with E-state index in [1.165, 1.54) is 11.1 Å². The molecule has 1 amide bonds. The highest BCUT2D eigenvalue weighted by atomic mass is 35.5. The van der Waals surface area contributed by atoms with E-state index in [-0.39, 0.29) is 30.7 Å². The van der Waals surface area contributed by atoms with Crippen LogP contribution >= 0.6 is 24.8 Å². The summed E-state index contributed by atoms with van der Waals surface area (Å²) in [6.45, 7) is 6.33. The number of amides is 1. The van der Waals surface area contributed by atoms with Gasteiger partial charge >= 0.3 is 0 Å². The molecule has 0 radical (unpaired) electrons. The number of ether oxygens (including phenoxy) is 1. The predicted octanol–water partition coefficient (Wildman–Crippen LogP) is 2.62. The molecule has 5 nitrogen and oxygen atoms in total. The Morgan fingerprint density at radius 1 is 1.27 bits per heavy atom. The van der Waals surface area contributed by atoms with E-state index in [1.54, 1.807) is 7.11 Å². The van der Waals surface area contributed by atoms with Crippen molar-refractivity contribution in [1.82, 2.24) is 9.80 Å². The third-order valence-electron chi connectivity index (χ3n) is 5.43. The van der Waals surface area contributed by atoms with Gasteiger partial charge in [0, 0.05) is 50.7 Å². The van der Waals surface area contributed by atoms with E-state index in [0.29, 0.717) is 31.5 Å². The number of hydrogen-bond acceptors (Lipinski definition) is 4. The van der Waals surface area contributed by atoms with E-state index in [2.05, 4.69) is 30.0 Å². The molecule has 0 aromatic heterocycles. The summed E-state index contributed by atoms with van der Waals surface area (Å²) in [5.41, 5.74) is 8.16. The molecule has 0 spiro atoms. The number of fused-ring (bicyclic) bond motifs is 1. The highest BCUT2D eigenvalue weighted by Crippen LogP contribution is 2.32. The quantitative estimate of drug-likeness (QED) is 0.820. The summed E-state index contributed by atoms with van der Waals surface area (Å²) in [5.74, 6) is 1.83. The molecule has 0 bridgehead atoms. The number of benzene rings is 1. The van der Waals surface area contributed by atoms with Gasteiger partial charge in [0.1, 0.15) is 5.75 Å². The molecule has 7 heteroatoms. The largest absolute Gasteiger partial charge is 0.496 e. The Labute approximate surface area is 169 Å². The summed E-state index contributed by atoms with van der Waals surface area (Å²) in [6.07, 6.45) is 2.72. The molecule has 2 atom stereocenters. The van der Waals surface area contributed by atoms with Crippen LogP contribution in [0.5, 0.6) is 5.75 Å². The fraction of sp³-hybridized carbons (Fsp3) is 0.632. The lowest BCUT2D eigenvalue weighted by Gasteiger charge is -2.47. The van der Waals surface area contributed by atoms with Gasteiger partial charge in [-0.15, -0.1) is 24.8 Å². The fourth-order valence-corrected chi connectivity index (χ4v) is 4.22. The van der Waals surface area contributed by atoms with Crippen LogP contribution in [0.15, 0.2) is 18.2 Å². The first-order valence-electron chi connectivity index (χ1n) is 8.97. The normalized spacial score (nSPS) is 22.9. The number of hydrogen-bond donors (Lipinski definition) is 1. The lowest BCUT2D eigenvalue weighted by atomic mass is 9.83. The summed E-state index contributed by atoms with van der Waals surface area (Å²) >= 11 is 0. The number of nitrogens with two attached hydrogens (primary N) is 1.